The van der Waals surface area contributed by atoms with Crippen LogP contribution in [0.5, 0.6) is 0 Å². The van der Waals surface area contributed by atoms with Crippen molar-refractivity contribution in [2.75, 3.05) is 11.9 Å². The second-order valence-electron chi connectivity index (χ2n) is 4.16. The Morgan fingerprint density at radius 2 is 2.14 bits per heavy atom. The largest absolute Gasteiger partial charge is 0.478 e. The van der Waals surface area contributed by atoms with E-state index in [1.807, 2.05) is 0 Å². The van der Waals surface area contributed by atoms with Crippen molar-refractivity contribution < 1.29 is 23.1 Å². The number of hydrogen-bond acceptors (Lipinski definition) is 4. The summed E-state index contributed by atoms with van der Waals surface area (Å²) in [5, 5.41) is 19.0. The van der Waals surface area contributed by atoms with Crippen molar-refractivity contribution in [2.24, 2.45) is 0 Å². The summed E-state index contributed by atoms with van der Waals surface area (Å²) >= 11 is 0. The molecule has 1 aromatic carbocycles. The molecule has 1 heterocycles. The zero-order valence-corrected chi connectivity index (χ0v) is 10.6. The van der Waals surface area contributed by atoms with Crippen LogP contribution in [0.15, 0.2) is 30.6 Å². The van der Waals surface area contributed by atoms with Gasteiger partial charge in [-0.05, 0) is 18.2 Å². The quantitative estimate of drug-likeness (QED) is 0.884. The monoisotopic (exact) mass is 300 g/mol. The van der Waals surface area contributed by atoms with Gasteiger partial charge in [-0.25, -0.2) is 4.79 Å². The molecule has 2 aromatic rings. The van der Waals surface area contributed by atoms with E-state index in [-0.39, 0.29) is 0 Å². The summed E-state index contributed by atoms with van der Waals surface area (Å²) < 4.78 is 39.6. The predicted octanol–water partition coefficient (Wildman–Crippen LogP) is 2.11. The minimum absolute atomic E-state index is 0.292. The molecule has 2 N–H and O–H groups in total. The van der Waals surface area contributed by atoms with Crippen LogP contribution in [0.3, 0.4) is 0 Å². The highest BCUT2D eigenvalue weighted by Crippen LogP contribution is 2.33. The minimum Gasteiger partial charge on any atom is -0.478 e. The molecule has 0 radical (unpaired) electrons. The molecule has 112 valence electrons. The summed E-state index contributed by atoms with van der Waals surface area (Å²) in [6.45, 7) is 0.817. The molecule has 0 unspecified atom stereocenters. The lowest BCUT2D eigenvalue weighted by atomic mass is 10.1. The van der Waals surface area contributed by atoms with Gasteiger partial charge in [0.15, 0.2) is 0 Å². The Morgan fingerprint density at radius 1 is 1.38 bits per heavy atom. The first-order valence-electron chi connectivity index (χ1n) is 5.90. The van der Waals surface area contributed by atoms with Crippen LogP contribution < -0.4 is 5.32 Å². The van der Waals surface area contributed by atoms with Gasteiger partial charge in [-0.2, -0.15) is 13.2 Å². The second kappa shape index (κ2) is 5.81. The Hall–Kier alpha value is -2.58. The van der Waals surface area contributed by atoms with Crippen LogP contribution in [0.4, 0.5) is 18.9 Å². The Kier molecular flexibility index (Phi) is 4.10. The smallest absolute Gasteiger partial charge is 0.417 e. The van der Waals surface area contributed by atoms with E-state index in [1.54, 1.807) is 6.20 Å². The van der Waals surface area contributed by atoms with Crippen molar-refractivity contribution >= 4 is 11.7 Å². The molecule has 0 saturated carbocycles. The Labute approximate surface area is 117 Å². The van der Waals surface area contributed by atoms with Crippen molar-refractivity contribution in [1.82, 2.24) is 15.0 Å². The number of alkyl halides is 3. The highest BCUT2D eigenvalue weighted by molar-refractivity contribution is 5.91. The average Bonchev–Trinajstić information content (AvgIpc) is 2.90. The summed E-state index contributed by atoms with van der Waals surface area (Å²) in [6.07, 6.45) is -1.56. The summed E-state index contributed by atoms with van der Waals surface area (Å²) in [6, 6.07) is 2.91. The molecule has 0 fully saturated rings. The summed E-state index contributed by atoms with van der Waals surface area (Å²) in [7, 11) is 0. The third-order valence-electron chi connectivity index (χ3n) is 2.70. The number of nitrogens with zero attached hydrogens (tertiary/aromatic N) is 3. The standard InChI is InChI=1S/C12H11F3N4O2/c13-12(14,15)10-2-1-8(7-9(10)11(20)21)16-3-5-19-6-4-17-18-19/h1-2,4,6-7,16H,3,5H2,(H,20,21). The van der Waals surface area contributed by atoms with Crippen molar-refractivity contribution in [1.29, 1.82) is 0 Å². The lowest BCUT2D eigenvalue weighted by Gasteiger charge is -2.13. The highest BCUT2D eigenvalue weighted by Gasteiger charge is 2.35. The maximum atomic E-state index is 12.7. The first-order valence-corrected chi connectivity index (χ1v) is 5.90. The number of aromatic nitrogens is 3. The van der Waals surface area contributed by atoms with E-state index < -0.39 is 23.3 Å². The summed E-state index contributed by atoms with van der Waals surface area (Å²) in [5.41, 5.74) is -1.66. The SMILES string of the molecule is O=C(O)c1cc(NCCn2ccnn2)ccc1C(F)(F)F. The van der Waals surface area contributed by atoms with Crippen LogP contribution in [0, 0.1) is 0 Å². The third kappa shape index (κ3) is 3.71. The molecule has 2 rings (SSSR count). The van der Waals surface area contributed by atoms with Crippen molar-refractivity contribution in [3.05, 3.63) is 41.7 Å². The Balaban J connectivity index is 2.11. The lowest BCUT2D eigenvalue weighted by Crippen LogP contribution is -2.15. The zero-order chi connectivity index (χ0) is 15.5. The maximum Gasteiger partial charge on any atom is 0.417 e. The molecule has 0 amide bonds. The lowest BCUT2D eigenvalue weighted by molar-refractivity contribution is -0.138. The third-order valence-corrected chi connectivity index (χ3v) is 2.70. The molecule has 0 atom stereocenters. The number of anilines is 1. The van der Waals surface area contributed by atoms with E-state index in [9.17, 15) is 18.0 Å². The van der Waals surface area contributed by atoms with Gasteiger partial charge in [0.25, 0.3) is 0 Å². The number of carboxylic acids is 1. The first-order chi connectivity index (χ1) is 9.88. The van der Waals surface area contributed by atoms with E-state index in [4.69, 9.17) is 5.11 Å². The first kappa shape index (κ1) is 14.8. The van der Waals surface area contributed by atoms with Gasteiger partial charge in [-0.15, -0.1) is 5.10 Å². The number of rotatable bonds is 5. The van der Waals surface area contributed by atoms with E-state index in [0.717, 1.165) is 12.1 Å². The number of halogens is 3. The molecular weight excluding hydrogens is 289 g/mol. The number of nitrogens with one attached hydrogen (secondary N) is 1. The van der Waals surface area contributed by atoms with Crippen LogP contribution >= 0.6 is 0 Å². The van der Waals surface area contributed by atoms with Crippen LogP contribution in [-0.4, -0.2) is 32.6 Å². The van der Waals surface area contributed by atoms with E-state index in [2.05, 4.69) is 15.6 Å². The number of hydrogen-bond donors (Lipinski definition) is 2. The highest BCUT2D eigenvalue weighted by atomic mass is 19.4. The van der Waals surface area contributed by atoms with Crippen molar-refractivity contribution in [3.8, 4) is 0 Å². The molecule has 0 spiro atoms. The zero-order valence-electron chi connectivity index (χ0n) is 10.6. The van der Waals surface area contributed by atoms with Gasteiger partial charge in [-0.3, -0.25) is 4.68 Å². The molecule has 9 heteroatoms. The maximum absolute atomic E-state index is 12.7. The predicted molar refractivity (Wildman–Crippen MR) is 66.9 cm³/mol. The average molecular weight is 300 g/mol. The van der Waals surface area contributed by atoms with Gasteiger partial charge in [0, 0.05) is 18.4 Å². The molecule has 0 aliphatic heterocycles. The van der Waals surface area contributed by atoms with Crippen LogP contribution in [0.25, 0.3) is 0 Å². The van der Waals surface area contributed by atoms with E-state index in [0.29, 0.717) is 18.8 Å². The van der Waals surface area contributed by atoms with Crippen LogP contribution in [-0.2, 0) is 12.7 Å². The van der Waals surface area contributed by atoms with E-state index >= 15 is 0 Å². The molecule has 6 nitrogen and oxygen atoms in total. The van der Waals surface area contributed by atoms with Crippen molar-refractivity contribution in [3.63, 3.8) is 0 Å². The fourth-order valence-corrected chi connectivity index (χ4v) is 1.75. The Morgan fingerprint density at radius 3 is 2.71 bits per heavy atom. The summed E-state index contributed by atoms with van der Waals surface area (Å²) in [5.74, 6) is -1.62. The van der Waals surface area contributed by atoms with Crippen LogP contribution in [0.2, 0.25) is 0 Å². The molecule has 1 aromatic heterocycles. The van der Waals surface area contributed by atoms with Gasteiger partial charge in [0.05, 0.1) is 23.9 Å². The minimum atomic E-state index is -4.70. The second-order valence-corrected chi connectivity index (χ2v) is 4.16. The fourth-order valence-electron chi connectivity index (χ4n) is 1.75. The number of benzene rings is 1. The van der Waals surface area contributed by atoms with Gasteiger partial charge in [0.1, 0.15) is 0 Å². The van der Waals surface area contributed by atoms with Gasteiger partial charge in [-0.1, -0.05) is 5.21 Å². The van der Waals surface area contributed by atoms with Crippen LogP contribution in [0.1, 0.15) is 15.9 Å². The van der Waals surface area contributed by atoms with Gasteiger partial charge < -0.3 is 10.4 Å². The Bertz CT molecular complexity index is 626. The topological polar surface area (TPSA) is 80.0 Å². The number of carbonyl (C=O) groups is 1. The summed E-state index contributed by atoms with van der Waals surface area (Å²) in [4.78, 5) is 10.9. The number of carboxylic acid groups (broad SMARTS) is 1. The fraction of sp³-hybridized carbons (Fsp3) is 0.250. The molecule has 0 aliphatic carbocycles. The number of aromatic carboxylic acids is 1. The molecule has 0 saturated heterocycles. The molecular formula is C12H11F3N4O2. The normalized spacial score (nSPS) is 11.4. The molecule has 0 aliphatic rings. The molecule has 0 bridgehead atoms. The van der Waals surface area contributed by atoms with Gasteiger partial charge >= 0.3 is 12.1 Å². The van der Waals surface area contributed by atoms with E-state index in [1.165, 1.54) is 16.9 Å². The van der Waals surface area contributed by atoms with Gasteiger partial charge in [0.2, 0.25) is 0 Å². The van der Waals surface area contributed by atoms with Crippen molar-refractivity contribution in [2.45, 2.75) is 12.7 Å². The molecule has 21 heavy (non-hydrogen) atoms.